The Morgan fingerprint density at radius 2 is 1.94 bits per heavy atom. The smallest absolute Gasteiger partial charge is 0.116 e. The van der Waals surface area contributed by atoms with Gasteiger partial charge in [0.2, 0.25) is 0 Å². The quantitative estimate of drug-likeness (QED) is 0.886. The van der Waals surface area contributed by atoms with E-state index in [2.05, 4.69) is 6.07 Å². The van der Waals surface area contributed by atoms with Crippen LogP contribution in [-0.4, -0.2) is 5.11 Å². The molecule has 0 saturated heterocycles. The van der Waals surface area contributed by atoms with Crippen LogP contribution in [0.4, 0.5) is 0 Å². The van der Waals surface area contributed by atoms with Gasteiger partial charge in [-0.1, -0.05) is 35.5 Å². The molecule has 2 nitrogen and oxygen atoms in total. The average Bonchev–Trinajstić information content (AvgIpc) is 2.29. The van der Waals surface area contributed by atoms with Crippen molar-refractivity contribution in [3.05, 3.63) is 53.1 Å². The topological polar surface area (TPSA) is 44.0 Å². The van der Waals surface area contributed by atoms with Gasteiger partial charge in [0, 0.05) is 9.79 Å². The van der Waals surface area contributed by atoms with Crippen LogP contribution >= 0.6 is 23.4 Å². The minimum absolute atomic E-state index is 0.204. The fourth-order valence-electron chi connectivity index (χ4n) is 1.37. The van der Waals surface area contributed by atoms with E-state index in [4.69, 9.17) is 16.9 Å². The van der Waals surface area contributed by atoms with Crippen LogP contribution in [-0.2, 0) is 0 Å². The number of benzene rings is 2. The Morgan fingerprint density at radius 3 is 2.65 bits per heavy atom. The molecule has 0 aromatic heterocycles. The van der Waals surface area contributed by atoms with Crippen molar-refractivity contribution in [3.8, 4) is 11.8 Å². The van der Waals surface area contributed by atoms with E-state index in [9.17, 15) is 5.11 Å². The number of nitrogens with zero attached hydrogens (tertiary/aromatic N) is 1. The van der Waals surface area contributed by atoms with Crippen molar-refractivity contribution in [2.75, 3.05) is 0 Å². The fraction of sp³-hybridized carbons (Fsp3) is 0. The maximum absolute atomic E-state index is 9.37. The first-order chi connectivity index (χ1) is 8.20. The molecule has 0 radical (unpaired) electrons. The number of nitriles is 1. The summed E-state index contributed by atoms with van der Waals surface area (Å²) in [7, 11) is 0. The van der Waals surface area contributed by atoms with Crippen LogP contribution in [0.2, 0.25) is 5.02 Å². The number of halogens is 1. The normalized spacial score (nSPS) is 9.88. The van der Waals surface area contributed by atoms with Crippen molar-refractivity contribution in [1.82, 2.24) is 0 Å². The highest BCUT2D eigenvalue weighted by Gasteiger charge is 2.07. The summed E-state index contributed by atoms with van der Waals surface area (Å²) in [6.07, 6.45) is 0. The molecule has 0 unspecified atom stereocenters. The van der Waals surface area contributed by atoms with E-state index in [1.807, 2.05) is 12.1 Å². The van der Waals surface area contributed by atoms with Crippen LogP contribution < -0.4 is 0 Å². The molecule has 2 aromatic carbocycles. The monoisotopic (exact) mass is 261 g/mol. The molecule has 0 aliphatic heterocycles. The molecule has 0 amide bonds. The molecular formula is C13H8ClNOS. The summed E-state index contributed by atoms with van der Waals surface area (Å²) in [6, 6.07) is 14.3. The van der Waals surface area contributed by atoms with Crippen molar-refractivity contribution in [1.29, 1.82) is 5.26 Å². The molecule has 2 aromatic rings. The lowest BCUT2D eigenvalue weighted by Gasteiger charge is -2.05. The zero-order chi connectivity index (χ0) is 12.3. The summed E-state index contributed by atoms with van der Waals surface area (Å²) in [5.41, 5.74) is 0.461. The predicted molar refractivity (Wildman–Crippen MR) is 68.4 cm³/mol. The van der Waals surface area contributed by atoms with Gasteiger partial charge in [0.05, 0.1) is 10.6 Å². The second-order valence-corrected chi connectivity index (χ2v) is 4.85. The number of phenolic OH excluding ortho intramolecular Hbond substituents is 1. The molecule has 0 spiro atoms. The lowest BCUT2D eigenvalue weighted by molar-refractivity contribution is 0.474. The fourth-order valence-corrected chi connectivity index (χ4v) is 2.63. The molecular weight excluding hydrogens is 254 g/mol. The zero-order valence-corrected chi connectivity index (χ0v) is 10.3. The number of aromatic hydroxyl groups is 1. The third-order valence-electron chi connectivity index (χ3n) is 2.13. The number of phenols is 1. The lowest BCUT2D eigenvalue weighted by atomic mass is 10.2. The Bertz CT molecular complexity index is 592. The molecule has 17 heavy (non-hydrogen) atoms. The molecule has 4 heteroatoms. The maximum Gasteiger partial charge on any atom is 0.116 e. The molecule has 0 aliphatic carbocycles. The van der Waals surface area contributed by atoms with Gasteiger partial charge in [-0.25, -0.2) is 0 Å². The molecule has 0 heterocycles. The number of hydrogen-bond donors (Lipinski definition) is 1. The molecule has 1 N–H and O–H groups in total. The highest BCUT2D eigenvalue weighted by atomic mass is 35.5. The molecule has 2 rings (SSSR count). The van der Waals surface area contributed by atoms with Crippen molar-refractivity contribution in [2.45, 2.75) is 9.79 Å². The van der Waals surface area contributed by atoms with Crippen molar-refractivity contribution < 1.29 is 5.11 Å². The molecule has 0 fully saturated rings. The van der Waals surface area contributed by atoms with Crippen LogP contribution in [0.5, 0.6) is 5.75 Å². The molecule has 0 aliphatic rings. The van der Waals surface area contributed by atoms with Crippen LogP contribution in [0.25, 0.3) is 0 Å². The van der Waals surface area contributed by atoms with Gasteiger partial charge in [0.15, 0.2) is 0 Å². The Hall–Kier alpha value is -1.63. The van der Waals surface area contributed by atoms with E-state index in [1.54, 1.807) is 30.3 Å². The van der Waals surface area contributed by atoms with E-state index in [0.717, 1.165) is 9.79 Å². The van der Waals surface area contributed by atoms with E-state index >= 15 is 0 Å². The third kappa shape index (κ3) is 2.73. The van der Waals surface area contributed by atoms with Crippen LogP contribution in [0.3, 0.4) is 0 Å². The Kier molecular flexibility index (Phi) is 3.58. The summed E-state index contributed by atoms with van der Waals surface area (Å²) in [4.78, 5) is 1.65. The van der Waals surface area contributed by atoms with Gasteiger partial charge in [-0.2, -0.15) is 5.26 Å². The van der Waals surface area contributed by atoms with Crippen LogP contribution in [0.1, 0.15) is 5.56 Å². The number of rotatable bonds is 2. The largest absolute Gasteiger partial charge is 0.508 e. The first kappa shape index (κ1) is 11.8. The van der Waals surface area contributed by atoms with Crippen molar-refractivity contribution in [2.24, 2.45) is 0 Å². The highest BCUT2D eigenvalue weighted by Crippen LogP contribution is 2.34. The molecule has 0 atom stereocenters. The minimum Gasteiger partial charge on any atom is -0.508 e. The number of hydrogen-bond acceptors (Lipinski definition) is 3. The van der Waals surface area contributed by atoms with Gasteiger partial charge in [0.25, 0.3) is 0 Å². The van der Waals surface area contributed by atoms with E-state index in [1.165, 1.54) is 11.8 Å². The first-order valence-corrected chi connectivity index (χ1v) is 6.05. The minimum atomic E-state index is 0.204. The summed E-state index contributed by atoms with van der Waals surface area (Å²) in [5.74, 6) is 0.204. The summed E-state index contributed by atoms with van der Waals surface area (Å²) < 4.78 is 0. The van der Waals surface area contributed by atoms with Gasteiger partial charge in [-0.15, -0.1) is 0 Å². The van der Waals surface area contributed by atoms with Crippen molar-refractivity contribution >= 4 is 23.4 Å². The third-order valence-corrected chi connectivity index (χ3v) is 3.50. The second kappa shape index (κ2) is 5.13. The summed E-state index contributed by atoms with van der Waals surface area (Å²) in [5, 5.41) is 18.8. The SMILES string of the molecule is N#Cc1c(Cl)cccc1Sc1cccc(O)c1. The van der Waals surface area contributed by atoms with E-state index in [-0.39, 0.29) is 5.75 Å². The molecule has 0 bridgehead atoms. The maximum atomic E-state index is 9.37. The Labute approximate surface area is 108 Å². The molecule has 84 valence electrons. The zero-order valence-electron chi connectivity index (χ0n) is 8.72. The molecule has 0 saturated carbocycles. The van der Waals surface area contributed by atoms with Gasteiger partial charge in [0.1, 0.15) is 11.8 Å². The van der Waals surface area contributed by atoms with E-state index in [0.29, 0.717) is 10.6 Å². The lowest BCUT2D eigenvalue weighted by Crippen LogP contribution is -1.82. The predicted octanol–water partition coefficient (Wildman–Crippen LogP) is 4.07. The first-order valence-electron chi connectivity index (χ1n) is 4.86. The van der Waals surface area contributed by atoms with E-state index < -0.39 is 0 Å². The van der Waals surface area contributed by atoms with Gasteiger partial charge in [-0.05, 0) is 30.3 Å². The van der Waals surface area contributed by atoms with Gasteiger partial charge >= 0.3 is 0 Å². The summed E-state index contributed by atoms with van der Waals surface area (Å²) in [6.45, 7) is 0. The second-order valence-electron chi connectivity index (χ2n) is 3.32. The van der Waals surface area contributed by atoms with Crippen LogP contribution in [0.15, 0.2) is 52.3 Å². The van der Waals surface area contributed by atoms with Crippen molar-refractivity contribution in [3.63, 3.8) is 0 Å². The van der Waals surface area contributed by atoms with Gasteiger partial charge < -0.3 is 5.11 Å². The van der Waals surface area contributed by atoms with Crippen LogP contribution in [0, 0.1) is 11.3 Å². The van der Waals surface area contributed by atoms with Gasteiger partial charge in [-0.3, -0.25) is 0 Å². The Morgan fingerprint density at radius 1 is 1.18 bits per heavy atom. The Balaban J connectivity index is 2.37. The standard InChI is InChI=1S/C13H8ClNOS/c14-12-5-2-6-13(11(12)8-15)17-10-4-1-3-9(16)7-10/h1-7,16H. The average molecular weight is 262 g/mol. The summed E-state index contributed by atoms with van der Waals surface area (Å²) >= 11 is 7.34. The highest BCUT2D eigenvalue weighted by molar-refractivity contribution is 7.99.